The molecule has 0 fully saturated rings. The Kier molecular flexibility index (Phi) is 3.72. The molecule has 0 radical (unpaired) electrons. The summed E-state index contributed by atoms with van der Waals surface area (Å²) < 4.78 is 13.3. The van der Waals surface area contributed by atoms with Crippen molar-refractivity contribution >= 4 is 0 Å². The number of rotatable bonds is 2. The summed E-state index contributed by atoms with van der Waals surface area (Å²) in [5, 5.41) is 0. The van der Waals surface area contributed by atoms with Gasteiger partial charge >= 0.3 is 0 Å². The summed E-state index contributed by atoms with van der Waals surface area (Å²) in [5.74, 6) is -0.187. The first kappa shape index (κ1) is 13.8. The van der Waals surface area contributed by atoms with E-state index in [1.165, 1.54) is 22.8 Å². The molecule has 0 heterocycles. The molecular formula is C17H20FN. The van der Waals surface area contributed by atoms with Crippen molar-refractivity contribution in [2.24, 2.45) is 5.73 Å². The van der Waals surface area contributed by atoms with Crippen molar-refractivity contribution in [2.75, 3.05) is 0 Å². The molecule has 2 heteroatoms. The SMILES string of the molecule is Cc1cc(C)c(C(N)c2ccc(F)c(C)c2)c(C)c1. The molecule has 0 amide bonds. The van der Waals surface area contributed by atoms with Gasteiger partial charge in [0, 0.05) is 0 Å². The number of aryl methyl sites for hydroxylation is 4. The molecule has 19 heavy (non-hydrogen) atoms. The second kappa shape index (κ2) is 5.14. The zero-order valence-corrected chi connectivity index (χ0v) is 11.9. The lowest BCUT2D eigenvalue weighted by atomic mass is 9.90. The van der Waals surface area contributed by atoms with E-state index in [-0.39, 0.29) is 11.9 Å². The van der Waals surface area contributed by atoms with Gasteiger partial charge in [-0.05, 0) is 61.6 Å². The van der Waals surface area contributed by atoms with Crippen LogP contribution < -0.4 is 5.73 Å². The molecule has 2 aromatic carbocycles. The van der Waals surface area contributed by atoms with Crippen LogP contribution in [0.25, 0.3) is 0 Å². The van der Waals surface area contributed by atoms with E-state index >= 15 is 0 Å². The van der Waals surface area contributed by atoms with Gasteiger partial charge in [0.1, 0.15) is 5.82 Å². The first-order valence-corrected chi connectivity index (χ1v) is 6.49. The van der Waals surface area contributed by atoms with Gasteiger partial charge in [0.15, 0.2) is 0 Å². The van der Waals surface area contributed by atoms with Crippen LogP contribution in [-0.2, 0) is 0 Å². The molecule has 0 saturated carbocycles. The molecule has 0 spiro atoms. The predicted molar refractivity (Wildman–Crippen MR) is 77.8 cm³/mol. The Bertz CT molecular complexity index is 594. The third-order valence-electron chi connectivity index (χ3n) is 3.59. The van der Waals surface area contributed by atoms with E-state index in [2.05, 4.69) is 32.9 Å². The maximum absolute atomic E-state index is 13.3. The lowest BCUT2D eigenvalue weighted by Crippen LogP contribution is -2.15. The molecule has 2 N–H and O–H groups in total. The fraction of sp³-hybridized carbons (Fsp3) is 0.294. The van der Waals surface area contributed by atoms with E-state index in [1.807, 2.05) is 6.07 Å². The number of hydrogen-bond donors (Lipinski definition) is 1. The van der Waals surface area contributed by atoms with Gasteiger partial charge in [-0.1, -0.05) is 29.8 Å². The summed E-state index contributed by atoms with van der Waals surface area (Å²) >= 11 is 0. The molecule has 1 atom stereocenters. The van der Waals surface area contributed by atoms with Gasteiger partial charge in [0.25, 0.3) is 0 Å². The van der Waals surface area contributed by atoms with Crippen molar-refractivity contribution in [1.82, 2.24) is 0 Å². The minimum Gasteiger partial charge on any atom is -0.320 e. The van der Waals surface area contributed by atoms with E-state index in [1.54, 1.807) is 13.0 Å². The molecule has 0 aromatic heterocycles. The zero-order chi connectivity index (χ0) is 14.2. The van der Waals surface area contributed by atoms with Crippen molar-refractivity contribution in [3.05, 3.63) is 69.5 Å². The molecule has 100 valence electrons. The molecule has 1 nitrogen and oxygen atoms in total. The minimum absolute atomic E-state index is 0.187. The van der Waals surface area contributed by atoms with Gasteiger partial charge in [-0.15, -0.1) is 0 Å². The summed E-state index contributed by atoms with van der Waals surface area (Å²) in [4.78, 5) is 0. The Morgan fingerprint density at radius 3 is 2.00 bits per heavy atom. The van der Waals surface area contributed by atoms with Crippen molar-refractivity contribution in [1.29, 1.82) is 0 Å². The second-order valence-electron chi connectivity index (χ2n) is 5.30. The van der Waals surface area contributed by atoms with Crippen LogP contribution >= 0.6 is 0 Å². The van der Waals surface area contributed by atoms with Crippen LogP contribution in [0.2, 0.25) is 0 Å². The largest absolute Gasteiger partial charge is 0.320 e. The Morgan fingerprint density at radius 1 is 0.895 bits per heavy atom. The first-order valence-electron chi connectivity index (χ1n) is 6.49. The highest BCUT2D eigenvalue weighted by Crippen LogP contribution is 2.27. The van der Waals surface area contributed by atoms with Gasteiger partial charge in [0.05, 0.1) is 6.04 Å². The van der Waals surface area contributed by atoms with Crippen LogP contribution in [0.1, 0.15) is 39.4 Å². The van der Waals surface area contributed by atoms with Crippen LogP contribution in [0.15, 0.2) is 30.3 Å². The normalized spacial score (nSPS) is 12.5. The topological polar surface area (TPSA) is 26.0 Å². The molecule has 1 unspecified atom stereocenters. The summed E-state index contributed by atoms with van der Waals surface area (Å²) in [6, 6.07) is 9.16. The van der Waals surface area contributed by atoms with Gasteiger partial charge < -0.3 is 5.73 Å². The summed E-state index contributed by atoms with van der Waals surface area (Å²) in [5.41, 5.74) is 12.7. The van der Waals surface area contributed by atoms with Crippen molar-refractivity contribution in [2.45, 2.75) is 33.7 Å². The first-order chi connectivity index (χ1) is 8.90. The number of nitrogens with two attached hydrogens (primary N) is 1. The van der Waals surface area contributed by atoms with Crippen LogP contribution in [0.5, 0.6) is 0 Å². The van der Waals surface area contributed by atoms with E-state index in [0.29, 0.717) is 5.56 Å². The van der Waals surface area contributed by atoms with Crippen LogP contribution in [0, 0.1) is 33.5 Å². The predicted octanol–water partition coefficient (Wildman–Crippen LogP) is 4.11. The number of halogens is 1. The maximum atomic E-state index is 13.3. The Balaban J connectivity index is 2.49. The van der Waals surface area contributed by atoms with Gasteiger partial charge in [0.2, 0.25) is 0 Å². The van der Waals surface area contributed by atoms with Crippen LogP contribution in [0.4, 0.5) is 4.39 Å². The lowest BCUT2D eigenvalue weighted by Gasteiger charge is -2.19. The molecule has 0 saturated heterocycles. The molecule has 0 aliphatic heterocycles. The van der Waals surface area contributed by atoms with Crippen molar-refractivity contribution in [3.63, 3.8) is 0 Å². The Labute approximate surface area is 114 Å². The van der Waals surface area contributed by atoms with Crippen LogP contribution in [-0.4, -0.2) is 0 Å². The summed E-state index contributed by atoms with van der Waals surface area (Å²) in [7, 11) is 0. The van der Waals surface area contributed by atoms with Crippen molar-refractivity contribution < 1.29 is 4.39 Å². The molecular weight excluding hydrogens is 237 g/mol. The van der Waals surface area contributed by atoms with E-state index < -0.39 is 0 Å². The fourth-order valence-corrected chi connectivity index (χ4v) is 2.71. The lowest BCUT2D eigenvalue weighted by molar-refractivity contribution is 0.617. The highest BCUT2D eigenvalue weighted by atomic mass is 19.1. The molecule has 2 rings (SSSR count). The number of hydrogen-bond acceptors (Lipinski definition) is 1. The van der Waals surface area contributed by atoms with Crippen molar-refractivity contribution in [3.8, 4) is 0 Å². The average molecular weight is 257 g/mol. The second-order valence-corrected chi connectivity index (χ2v) is 5.30. The summed E-state index contributed by atoms with van der Waals surface area (Å²) in [6.45, 7) is 7.99. The fourth-order valence-electron chi connectivity index (χ4n) is 2.71. The quantitative estimate of drug-likeness (QED) is 0.861. The summed E-state index contributed by atoms with van der Waals surface area (Å²) in [6.07, 6.45) is 0. The minimum atomic E-state index is -0.208. The van der Waals surface area contributed by atoms with Gasteiger partial charge in [-0.25, -0.2) is 4.39 Å². The van der Waals surface area contributed by atoms with Gasteiger partial charge in [-0.2, -0.15) is 0 Å². The molecule has 0 aliphatic carbocycles. The highest BCUT2D eigenvalue weighted by Gasteiger charge is 2.15. The zero-order valence-electron chi connectivity index (χ0n) is 11.9. The number of benzene rings is 2. The smallest absolute Gasteiger partial charge is 0.126 e. The van der Waals surface area contributed by atoms with Crippen LogP contribution in [0.3, 0.4) is 0 Å². The Morgan fingerprint density at radius 2 is 1.47 bits per heavy atom. The highest BCUT2D eigenvalue weighted by molar-refractivity contribution is 5.44. The van der Waals surface area contributed by atoms with E-state index in [0.717, 1.165) is 11.1 Å². The van der Waals surface area contributed by atoms with Gasteiger partial charge in [-0.3, -0.25) is 0 Å². The monoisotopic (exact) mass is 257 g/mol. The van der Waals surface area contributed by atoms with E-state index in [9.17, 15) is 4.39 Å². The standard InChI is InChI=1S/C17H20FN/c1-10-7-12(3)16(13(4)8-10)17(19)14-5-6-15(18)11(2)9-14/h5-9,17H,19H2,1-4H3. The molecule has 0 bridgehead atoms. The Hall–Kier alpha value is -1.67. The average Bonchev–Trinajstić information content (AvgIpc) is 2.31. The maximum Gasteiger partial charge on any atom is 0.126 e. The molecule has 2 aromatic rings. The third-order valence-corrected chi connectivity index (χ3v) is 3.59. The third kappa shape index (κ3) is 2.69. The van der Waals surface area contributed by atoms with E-state index in [4.69, 9.17) is 5.73 Å². The molecule has 0 aliphatic rings.